The third kappa shape index (κ3) is 1.71. The molecular formula is C10H14N2O2. The standard InChI is InChI=1S/C10H14N2O2/c11-9(7-1-2-7)10(14)8-3-6(5-13)4-12-8/h3-5,7,9-10,12,14H,1-2,11H2. The summed E-state index contributed by atoms with van der Waals surface area (Å²) in [5, 5.41) is 9.84. The number of carbonyl (C=O) groups excluding carboxylic acids is 1. The molecule has 2 unspecified atom stereocenters. The molecule has 0 saturated heterocycles. The first kappa shape index (κ1) is 9.43. The normalized spacial score (nSPS) is 20.4. The molecule has 14 heavy (non-hydrogen) atoms. The Hall–Kier alpha value is -1.13. The van der Waals surface area contributed by atoms with E-state index in [2.05, 4.69) is 4.98 Å². The van der Waals surface area contributed by atoms with Gasteiger partial charge in [0, 0.05) is 23.5 Å². The summed E-state index contributed by atoms with van der Waals surface area (Å²) in [5.74, 6) is 0.438. The zero-order valence-electron chi connectivity index (χ0n) is 7.81. The van der Waals surface area contributed by atoms with E-state index in [9.17, 15) is 9.90 Å². The predicted octanol–water partition coefficient (Wildman–Crippen LogP) is 0.598. The maximum absolute atomic E-state index is 10.4. The maximum atomic E-state index is 10.4. The van der Waals surface area contributed by atoms with E-state index in [0.29, 0.717) is 17.2 Å². The van der Waals surface area contributed by atoms with Gasteiger partial charge in [0.15, 0.2) is 6.29 Å². The van der Waals surface area contributed by atoms with Crippen LogP contribution in [0.2, 0.25) is 0 Å². The van der Waals surface area contributed by atoms with Gasteiger partial charge in [0.25, 0.3) is 0 Å². The number of H-pyrrole nitrogens is 1. The topological polar surface area (TPSA) is 79.1 Å². The van der Waals surface area contributed by atoms with Crippen molar-refractivity contribution in [1.82, 2.24) is 4.98 Å². The molecule has 76 valence electrons. The Kier molecular flexibility index (Phi) is 2.39. The van der Waals surface area contributed by atoms with E-state index in [0.717, 1.165) is 19.1 Å². The van der Waals surface area contributed by atoms with Gasteiger partial charge in [-0.05, 0) is 24.8 Å². The van der Waals surface area contributed by atoms with Crippen LogP contribution in [0, 0.1) is 5.92 Å². The highest BCUT2D eigenvalue weighted by atomic mass is 16.3. The molecule has 0 amide bonds. The van der Waals surface area contributed by atoms with Crippen molar-refractivity contribution in [2.24, 2.45) is 11.7 Å². The average molecular weight is 194 g/mol. The van der Waals surface area contributed by atoms with Gasteiger partial charge in [-0.2, -0.15) is 0 Å². The first-order valence-corrected chi connectivity index (χ1v) is 4.79. The Bertz CT molecular complexity index is 331. The lowest BCUT2D eigenvalue weighted by atomic mass is 10.0. The molecule has 0 aromatic carbocycles. The highest BCUT2D eigenvalue weighted by molar-refractivity contribution is 5.74. The van der Waals surface area contributed by atoms with Gasteiger partial charge < -0.3 is 15.8 Å². The minimum absolute atomic E-state index is 0.215. The predicted molar refractivity (Wildman–Crippen MR) is 51.8 cm³/mol. The average Bonchev–Trinajstić information content (AvgIpc) is 2.94. The van der Waals surface area contributed by atoms with Crippen molar-refractivity contribution in [3.8, 4) is 0 Å². The van der Waals surface area contributed by atoms with Crippen LogP contribution in [-0.4, -0.2) is 22.4 Å². The molecule has 1 fully saturated rings. The highest BCUT2D eigenvalue weighted by Crippen LogP contribution is 2.36. The second kappa shape index (κ2) is 3.55. The Labute approximate surface area is 82.1 Å². The number of aromatic nitrogens is 1. The third-order valence-corrected chi connectivity index (χ3v) is 2.71. The Morgan fingerprint density at radius 1 is 1.64 bits per heavy atom. The summed E-state index contributed by atoms with van der Waals surface area (Å²) in [6.45, 7) is 0. The van der Waals surface area contributed by atoms with Gasteiger partial charge in [0.05, 0.1) is 0 Å². The second-order valence-corrected chi connectivity index (χ2v) is 3.87. The van der Waals surface area contributed by atoms with E-state index in [-0.39, 0.29) is 6.04 Å². The minimum Gasteiger partial charge on any atom is -0.385 e. The lowest BCUT2D eigenvalue weighted by molar-refractivity contribution is 0.112. The molecule has 1 saturated carbocycles. The largest absolute Gasteiger partial charge is 0.385 e. The van der Waals surface area contributed by atoms with Gasteiger partial charge in [-0.25, -0.2) is 0 Å². The van der Waals surface area contributed by atoms with Crippen molar-refractivity contribution in [1.29, 1.82) is 0 Å². The van der Waals surface area contributed by atoms with Crippen LogP contribution < -0.4 is 5.73 Å². The van der Waals surface area contributed by atoms with E-state index in [1.807, 2.05) is 0 Å². The molecule has 1 aromatic heterocycles. The summed E-state index contributed by atoms with van der Waals surface area (Å²) in [7, 11) is 0. The Morgan fingerprint density at radius 2 is 2.36 bits per heavy atom. The van der Waals surface area contributed by atoms with E-state index >= 15 is 0 Å². The van der Waals surface area contributed by atoms with Crippen molar-refractivity contribution >= 4 is 6.29 Å². The van der Waals surface area contributed by atoms with E-state index in [1.165, 1.54) is 0 Å². The summed E-state index contributed by atoms with van der Waals surface area (Å²) in [6.07, 6.45) is 3.83. The fraction of sp³-hybridized carbons (Fsp3) is 0.500. The molecule has 1 aliphatic carbocycles. The van der Waals surface area contributed by atoms with Gasteiger partial charge in [-0.3, -0.25) is 4.79 Å². The van der Waals surface area contributed by atoms with Gasteiger partial charge in [-0.1, -0.05) is 0 Å². The first-order chi connectivity index (χ1) is 6.72. The SMILES string of the molecule is NC(C1CC1)C(O)c1cc(C=O)c[nH]1. The number of rotatable bonds is 4. The molecule has 0 spiro atoms. The fourth-order valence-corrected chi connectivity index (χ4v) is 1.61. The summed E-state index contributed by atoms with van der Waals surface area (Å²) in [4.78, 5) is 13.3. The Balaban J connectivity index is 2.08. The van der Waals surface area contributed by atoms with Crippen molar-refractivity contribution in [2.75, 3.05) is 0 Å². The summed E-state index contributed by atoms with van der Waals surface area (Å²) in [5.41, 5.74) is 7.02. The van der Waals surface area contributed by atoms with Crippen molar-refractivity contribution in [3.05, 3.63) is 23.5 Å². The summed E-state index contributed by atoms with van der Waals surface area (Å²) < 4.78 is 0. The van der Waals surface area contributed by atoms with E-state index in [4.69, 9.17) is 5.73 Å². The van der Waals surface area contributed by atoms with Crippen molar-refractivity contribution in [3.63, 3.8) is 0 Å². The van der Waals surface area contributed by atoms with Gasteiger partial charge >= 0.3 is 0 Å². The number of hydrogen-bond donors (Lipinski definition) is 3. The van der Waals surface area contributed by atoms with Crippen molar-refractivity contribution < 1.29 is 9.90 Å². The number of nitrogens with two attached hydrogens (primary N) is 1. The van der Waals surface area contributed by atoms with Crippen LogP contribution in [0.1, 0.15) is 35.0 Å². The molecular weight excluding hydrogens is 180 g/mol. The van der Waals surface area contributed by atoms with Crippen LogP contribution >= 0.6 is 0 Å². The van der Waals surface area contributed by atoms with Gasteiger partial charge in [0.1, 0.15) is 6.10 Å². The van der Waals surface area contributed by atoms with E-state index < -0.39 is 6.10 Å². The van der Waals surface area contributed by atoms with Crippen LogP contribution in [0.3, 0.4) is 0 Å². The molecule has 4 N–H and O–H groups in total. The smallest absolute Gasteiger partial charge is 0.151 e. The van der Waals surface area contributed by atoms with Gasteiger partial charge in [0.2, 0.25) is 0 Å². The minimum atomic E-state index is -0.684. The Morgan fingerprint density at radius 3 is 2.86 bits per heavy atom. The molecule has 4 heteroatoms. The number of aliphatic hydroxyl groups is 1. The highest BCUT2D eigenvalue weighted by Gasteiger charge is 2.34. The molecule has 4 nitrogen and oxygen atoms in total. The molecule has 0 radical (unpaired) electrons. The molecule has 0 bridgehead atoms. The summed E-state index contributed by atoms with van der Waals surface area (Å²) in [6, 6.07) is 1.42. The lowest BCUT2D eigenvalue weighted by Crippen LogP contribution is -2.30. The lowest BCUT2D eigenvalue weighted by Gasteiger charge is -2.16. The number of aliphatic hydroxyl groups excluding tert-OH is 1. The quantitative estimate of drug-likeness (QED) is 0.614. The molecule has 2 atom stereocenters. The number of aromatic amines is 1. The zero-order chi connectivity index (χ0) is 10.1. The summed E-state index contributed by atoms with van der Waals surface area (Å²) >= 11 is 0. The monoisotopic (exact) mass is 194 g/mol. The number of hydrogen-bond acceptors (Lipinski definition) is 3. The molecule has 1 aromatic rings. The molecule has 1 aliphatic rings. The molecule has 0 aliphatic heterocycles. The van der Waals surface area contributed by atoms with Crippen LogP contribution in [0.5, 0.6) is 0 Å². The van der Waals surface area contributed by atoms with Crippen LogP contribution in [0.25, 0.3) is 0 Å². The van der Waals surface area contributed by atoms with Gasteiger partial charge in [-0.15, -0.1) is 0 Å². The number of aldehydes is 1. The number of nitrogens with one attached hydrogen (secondary N) is 1. The zero-order valence-corrected chi connectivity index (χ0v) is 7.81. The maximum Gasteiger partial charge on any atom is 0.151 e. The van der Waals surface area contributed by atoms with Crippen LogP contribution in [0.4, 0.5) is 0 Å². The third-order valence-electron chi connectivity index (χ3n) is 2.71. The molecule has 1 heterocycles. The van der Waals surface area contributed by atoms with Crippen molar-refractivity contribution in [2.45, 2.75) is 25.0 Å². The molecule has 2 rings (SSSR count). The second-order valence-electron chi connectivity index (χ2n) is 3.87. The number of carbonyl (C=O) groups is 1. The fourth-order valence-electron chi connectivity index (χ4n) is 1.61. The first-order valence-electron chi connectivity index (χ1n) is 4.79. The van der Waals surface area contributed by atoms with E-state index in [1.54, 1.807) is 12.3 Å². The van der Waals surface area contributed by atoms with Crippen LogP contribution in [-0.2, 0) is 0 Å². The van der Waals surface area contributed by atoms with Crippen LogP contribution in [0.15, 0.2) is 12.3 Å².